The van der Waals surface area contributed by atoms with Gasteiger partial charge < -0.3 is 9.42 Å². The van der Waals surface area contributed by atoms with E-state index in [9.17, 15) is 9.46 Å². The minimum Gasteiger partial charge on any atom is -0.421 e. The molecular weight excluding hydrogens is 282 g/mol. The highest BCUT2D eigenvalue weighted by atomic mass is 31.2. The molecule has 18 heavy (non-hydrogen) atoms. The summed E-state index contributed by atoms with van der Waals surface area (Å²) in [5, 5.41) is 0.291. The van der Waals surface area contributed by atoms with E-state index in [1.54, 1.807) is 54.6 Å². The highest BCUT2D eigenvalue weighted by molar-refractivity contribution is 7.61. The van der Waals surface area contributed by atoms with Gasteiger partial charge in [0.2, 0.25) is 0 Å². The Morgan fingerprint density at radius 1 is 0.889 bits per heavy atom. The van der Waals surface area contributed by atoms with Gasteiger partial charge >= 0.3 is 7.60 Å². The van der Waals surface area contributed by atoms with Crippen LogP contribution in [0.1, 0.15) is 0 Å². The van der Waals surface area contributed by atoms with Gasteiger partial charge in [0.15, 0.2) is 0 Å². The second-order valence-electron chi connectivity index (χ2n) is 3.26. The van der Waals surface area contributed by atoms with Crippen molar-refractivity contribution in [2.24, 2.45) is 0 Å². The molecule has 3 nitrogen and oxygen atoms in total. The van der Waals surface area contributed by atoms with Crippen LogP contribution < -0.4 is 9.83 Å². The van der Waals surface area contributed by atoms with E-state index in [0.717, 1.165) is 0 Å². The summed E-state index contributed by atoms with van der Waals surface area (Å²) in [6.45, 7) is 0. The van der Waals surface area contributed by atoms with E-state index < -0.39 is 7.60 Å². The van der Waals surface area contributed by atoms with Crippen molar-refractivity contribution >= 4 is 33.8 Å². The Bertz CT molecular complexity index is 505. The van der Waals surface area contributed by atoms with Gasteiger partial charge in [-0.25, -0.2) is 4.57 Å². The van der Waals surface area contributed by atoms with Crippen LogP contribution in [0.4, 0.5) is 0 Å². The van der Waals surface area contributed by atoms with Crippen LogP contribution in [-0.4, -0.2) is 15.9 Å². The molecule has 98 valence electrons. The van der Waals surface area contributed by atoms with Gasteiger partial charge in [0.25, 0.3) is 0 Å². The fourth-order valence-corrected chi connectivity index (χ4v) is 2.36. The number of rotatable bonds is 3. The monoisotopic (exact) mass is 300 g/mol. The molecule has 0 bridgehead atoms. The average Bonchev–Trinajstić information content (AvgIpc) is 2.31. The van der Waals surface area contributed by atoms with Crippen molar-refractivity contribution in [1.29, 1.82) is 0 Å². The lowest BCUT2D eigenvalue weighted by Gasteiger charge is -2.12. The molecule has 0 aliphatic rings. The smallest absolute Gasteiger partial charge is 0.408 e. The Morgan fingerprint density at radius 2 is 1.33 bits per heavy atom. The zero-order valence-electron chi connectivity index (χ0n) is 9.19. The molecular formula is C12H18O3P2Si. The van der Waals surface area contributed by atoms with E-state index in [4.69, 9.17) is 4.52 Å². The molecule has 2 aromatic rings. The van der Waals surface area contributed by atoms with E-state index in [-0.39, 0.29) is 20.9 Å². The molecule has 2 aromatic carbocycles. The molecule has 0 fully saturated rings. The Morgan fingerprint density at radius 3 is 1.83 bits per heavy atom. The highest BCUT2D eigenvalue weighted by Crippen LogP contribution is 2.41. The number of hydrogen-bond acceptors (Lipinski definition) is 2. The van der Waals surface area contributed by atoms with Crippen LogP contribution in [0.15, 0.2) is 60.7 Å². The number of para-hydroxylation sites is 1. The molecule has 0 aliphatic carbocycles. The minimum absolute atomic E-state index is 0. The maximum absolute atomic E-state index is 11.9. The first kappa shape index (κ1) is 17.1. The summed E-state index contributed by atoms with van der Waals surface area (Å²) in [5.41, 5.74) is 0. The van der Waals surface area contributed by atoms with Crippen LogP contribution in [-0.2, 0) is 4.57 Å². The largest absolute Gasteiger partial charge is 0.421 e. The first-order valence-corrected chi connectivity index (χ1v) is 6.39. The van der Waals surface area contributed by atoms with Crippen molar-refractivity contribution in [2.75, 3.05) is 0 Å². The summed E-state index contributed by atoms with van der Waals surface area (Å²) >= 11 is 0. The maximum atomic E-state index is 11.9. The van der Waals surface area contributed by atoms with Gasteiger partial charge in [-0.05, 0) is 35.2 Å². The van der Waals surface area contributed by atoms with Crippen LogP contribution in [0.3, 0.4) is 0 Å². The third-order valence-electron chi connectivity index (χ3n) is 2.05. The molecule has 0 heterocycles. The van der Waals surface area contributed by atoms with E-state index in [0.29, 0.717) is 11.1 Å². The van der Waals surface area contributed by atoms with Crippen LogP contribution in [0.5, 0.6) is 5.75 Å². The standard InChI is InChI=1S/C12H11O3P.H3P.H4Si/c13-16(14,12-9-5-2-6-10-12)15-11-7-3-1-4-8-11;;/h1-10H,(H,13,14);1H3;1H4. The molecule has 0 aromatic heterocycles. The molecule has 0 spiro atoms. The van der Waals surface area contributed by atoms with Crippen molar-refractivity contribution < 1.29 is 14.0 Å². The molecule has 2 rings (SSSR count). The first-order chi connectivity index (χ1) is 7.68. The molecule has 0 aliphatic heterocycles. The maximum Gasteiger partial charge on any atom is 0.408 e. The predicted octanol–water partition coefficient (Wildman–Crippen LogP) is 1.18. The van der Waals surface area contributed by atoms with Crippen molar-refractivity contribution in [2.45, 2.75) is 0 Å². The van der Waals surface area contributed by atoms with E-state index >= 15 is 0 Å². The minimum atomic E-state index is -3.77. The second-order valence-corrected chi connectivity index (χ2v) is 5.00. The third-order valence-corrected chi connectivity index (χ3v) is 3.46. The SMILES string of the molecule is O=P(O)(Oc1ccccc1)c1ccccc1.P.[SiH4]. The Balaban J connectivity index is 0.00000144. The zero-order chi connectivity index (χ0) is 11.4. The van der Waals surface area contributed by atoms with Crippen LogP contribution in [0.2, 0.25) is 0 Å². The van der Waals surface area contributed by atoms with Gasteiger partial charge in [-0.3, -0.25) is 0 Å². The summed E-state index contributed by atoms with van der Waals surface area (Å²) in [5.74, 6) is 0.386. The van der Waals surface area contributed by atoms with Crippen LogP contribution >= 0.6 is 17.5 Å². The normalized spacial score (nSPS) is 12.5. The lowest BCUT2D eigenvalue weighted by Crippen LogP contribution is -2.08. The molecule has 6 heteroatoms. The van der Waals surface area contributed by atoms with Gasteiger partial charge in [-0.1, -0.05) is 36.4 Å². The zero-order valence-corrected chi connectivity index (χ0v) is 11.5. The fourth-order valence-electron chi connectivity index (χ4n) is 1.29. The molecule has 1 N–H and O–H groups in total. The average molecular weight is 300 g/mol. The van der Waals surface area contributed by atoms with Gasteiger partial charge in [0.1, 0.15) is 5.75 Å². The van der Waals surface area contributed by atoms with Gasteiger partial charge in [0.05, 0.1) is 5.30 Å². The van der Waals surface area contributed by atoms with Gasteiger partial charge in [-0.15, -0.1) is 0 Å². The van der Waals surface area contributed by atoms with E-state index in [1.807, 2.05) is 6.07 Å². The second kappa shape index (κ2) is 7.50. The number of hydrogen-bond donors (Lipinski definition) is 1. The molecule has 0 saturated heterocycles. The number of benzene rings is 2. The van der Waals surface area contributed by atoms with Crippen molar-refractivity contribution in [1.82, 2.24) is 0 Å². The lowest BCUT2D eigenvalue weighted by molar-refractivity contribution is 0.393. The third kappa shape index (κ3) is 4.39. The Kier molecular flexibility index (Phi) is 7.11. The summed E-state index contributed by atoms with van der Waals surface area (Å²) in [6, 6.07) is 16.9. The first-order valence-electron chi connectivity index (χ1n) is 4.81. The van der Waals surface area contributed by atoms with E-state index in [2.05, 4.69) is 0 Å². The van der Waals surface area contributed by atoms with Gasteiger partial charge in [-0.2, -0.15) is 9.90 Å². The van der Waals surface area contributed by atoms with Crippen molar-refractivity contribution in [3.05, 3.63) is 60.7 Å². The molecule has 0 radical (unpaired) electrons. The van der Waals surface area contributed by atoms with Gasteiger partial charge in [0, 0.05) is 0 Å². The van der Waals surface area contributed by atoms with E-state index in [1.165, 1.54) is 0 Å². The highest BCUT2D eigenvalue weighted by Gasteiger charge is 2.23. The van der Waals surface area contributed by atoms with Crippen molar-refractivity contribution in [3.63, 3.8) is 0 Å². The fraction of sp³-hybridized carbons (Fsp3) is 0. The predicted molar refractivity (Wildman–Crippen MR) is 85.4 cm³/mol. The molecule has 2 unspecified atom stereocenters. The lowest BCUT2D eigenvalue weighted by atomic mass is 10.3. The summed E-state index contributed by atoms with van der Waals surface area (Å²) < 4.78 is 17.0. The topological polar surface area (TPSA) is 46.5 Å². The Hall–Kier alpha value is -0.923. The summed E-state index contributed by atoms with van der Waals surface area (Å²) in [4.78, 5) is 9.77. The molecule has 2 atom stereocenters. The van der Waals surface area contributed by atoms with Crippen molar-refractivity contribution in [3.8, 4) is 5.75 Å². The summed E-state index contributed by atoms with van der Waals surface area (Å²) in [6.07, 6.45) is 0. The molecule has 0 saturated carbocycles. The Labute approximate surface area is 114 Å². The summed E-state index contributed by atoms with van der Waals surface area (Å²) in [7, 11) is -3.77. The quantitative estimate of drug-likeness (QED) is 0.684. The van der Waals surface area contributed by atoms with Crippen LogP contribution in [0.25, 0.3) is 0 Å². The van der Waals surface area contributed by atoms with Crippen LogP contribution in [0, 0.1) is 0 Å². The molecule has 0 amide bonds.